The highest BCUT2D eigenvalue weighted by atomic mass is 16.2. The molecule has 3 heterocycles. The van der Waals surface area contributed by atoms with E-state index in [0.29, 0.717) is 6.54 Å². The van der Waals surface area contributed by atoms with E-state index in [2.05, 4.69) is 33.1 Å². The molecule has 6 heteroatoms. The van der Waals surface area contributed by atoms with Gasteiger partial charge in [-0.25, -0.2) is 4.79 Å². The fourth-order valence-corrected chi connectivity index (χ4v) is 3.46. The Balaban J connectivity index is 1.48. The molecule has 2 amide bonds. The summed E-state index contributed by atoms with van der Waals surface area (Å²) in [6.45, 7) is 3.46. The first-order chi connectivity index (χ1) is 10.7. The largest absolute Gasteiger partial charge is 0.330 e. The van der Waals surface area contributed by atoms with Gasteiger partial charge in [-0.15, -0.1) is 10.2 Å². The van der Waals surface area contributed by atoms with Crippen molar-refractivity contribution in [2.45, 2.75) is 45.3 Å². The molecule has 1 atom stereocenters. The molecule has 0 bridgehead atoms. The molecule has 4 rings (SSSR count). The quantitative estimate of drug-likeness (QED) is 0.920. The minimum Gasteiger partial charge on any atom is -0.330 e. The van der Waals surface area contributed by atoms with Gasteiger partial charge >= 0.3 is 6.03 Å². The Labute approximate surface area is 129 Å². The Bertz CT molecular complexity index is 723. The number of para-hydroxylation sites is 1. The van der Waals surface area contributed by atoms with E-state index < -0.39 is 0 Å². The molecule has 1 aromatic carbocycles. The number of aromatic nitrogens is 3. The summed E-state index contributed by atoms with van der Waals surface area (Å²) in [6, 6.07) is 8.21. The van der Waals surface area contributed by atoms with Gasteiger partial charge in [0, 0.05) is 24.7 Å². The summed E-state index contributed by atoms with van der Waals surface area (Å²) >= 11 is 0. The van der Waals surface area contributed by atoms with Crippen LogP contribution in [0.1, 0.15) is 30.6 Å². The summed E-state index contributed by atoms with van der Waals surface area (Å²) in [5.41, 5.74) is 2.24. The lowest BCUT2D eigenvalue weighted by Crippen LogP contribution is -2.43. The lowest BCUT2D eigenvalue weighted by atomic mass is 10.1. The van der Waals surface area contributed by atoms with Gasteiger partial charge < -0.3 is 9.88 Å². The third kappa shape index (κ3) is 2.06. The molecule has 0 fully saturated rings. The first kappa shape index (κ1) is 13.3. The van der Waals surface area contributed by atoms with Crippen LogP contribution in [0.25, 0.3) is 0 Å². The molecule has 0 unspecified atom stereocenters. The van der Waals surface area contributed by atoms with Crippen LogP contribution in [-0.2, 0) is 25.9 Å². The van der Waals surface area contributed by atoms with E-state index in [1.165, 1.54) is 5.56 Å². The number of carbonyl (C=O) groups excluding carboxylic acids is 1. The van der Waals surface area contributed by atoms with Gasteiger partial charge in [0.2, 0.25) is 0 Å². The Morgan fingerprint density at radius 1 is 1.36 bits per heavy atom. The fourth-order valence-electron chi connectivity index (χ4n) is 3.46. The van der Waals surface area contributed by atoms with Crippen LogP contribution < -0.4 is 10.2 Å². The number of hydrogen-bond acceptors (Lipinski definition) is 3. The number of fused-ring (bicyclic) bond motifs is 2. The first-order valence-corrected chi connectivity index (χ1v) is 7.80. The molecule has 0 aliphatic carbocycles. The maximum Gasteiger partial charge on any atom is 0.322 e. The molecule has 0 saturated carbocycles. The van der Waals surface area contributed by atoms with Crippen LogP contribution in [0.2, 0.25) is 0 Å². The molecule has 0 spiro atoms. The van der Waals surface area contributed by atoms with Crippen molar-refractivity contribution in [1.82, 2.24) is 20.1 Å². The lowest BCUT2D eigenvalue weighted by molar-refractivity contribution is 0.244. The van der Waals surface area contributed by atoms with Crippen LogP contribution in [0.3, 0.4) is 0 Å². The summed E-state index contributed by atoms with van der Waals surface area (Å²) < 4.78 is 2.11. The summed E-state index contributed by atoms with van der Waals surface area (Å²) in [5, 5.41) is 11.3. The van der Waals surface area contributed by atoms with Crippen molar-refractivity contribution in [2.75, 3.05) is 4.90 Å². The highest BCUT2D eigenvalue weighted by molar-refractivity contribution is 5.94. The number of rotatable bonds is 2. The summed E-state index contributed by atoms with van der Waals surface area (Å²) in [6.07, 6.45) is 3.00. The normalized spacial score (nSPS) is 19.1. The maximum absolute atomic E-state index is 12.6. The van der Waals surface area contributed by atoms with Crippen molar-refractivity contribution in [3.05, 3.63) is 41.5 Å². The number of hydrogen-bond donors (Lipinski definition) is 1. The van der Waals surface area contributed by atoms with Crippen LogP contribution in [0.15, 0.2) is 24.3 Å². The Morgan fingerprint density at radius 2 is 2.23 bits per heavy atom. The number of anilines is 1. The number of carbonyl (C=O) groups is 1. The second-order valence-electron chi connectivity index (χ2n) is 6.00. The van der Waals surface area contributed by atoms with E-state index >= 15 is 0 Å². The molecule has 2 aliphatic heterocycles. The minimum absolute atomic E-state index is 0.0622. The number of benzene rings is 1. The molecule has 2 aliphatic rings. The van der Waals surface area contributed by atoms with Crippen LogP contribution >= 0.6 is 0 Å². The average Bonchev–Trinajstić information content (AvgIpc) is 3.18. The summed E-state index contributed by atoms with van der Waals surface area (Å²) in [5.74, 6) is 1.88. The standard InChI is InChI=1S/C16H19N5O/c1-11-9-12-5-2-3-6-13(12)21(11)16(22)17-10-15-19-18-14-7-4-8-20(14)15/h2-3,5-6,11H,4,7-10H2,1H3,(H,17,22)/t11-/m1/s1. The topological polar surface area (TPSA) is 63.1 Å². The molecule has 1 aromatic heterocycles. The molecule has 114 valence electrons. The summed E-state index contributed by atoms with van der Waals surface area (Å²) in [4.78, 5) is 14.4. The highest BCUT2D eigenvalue weighted by Gasteiger charge is 2.30. The lowest BCUT2D eigenvalue weighted by Gasteiger charge is -2.23. The molecular formula is C16H19N5O. The molecule has 0 radical (unpaired) electrons. The van der Waals surface area contributed by atoms with Crippen LogP contribution in [-0.4, -0.2) is 26.8 Å². The molecule has 6 nitrogen and oxygen atoms in total. The van der Waals surface area contributed by atoms with Crippen molar-refractivity contribution < 1.29 is 4.79 Å². The van der Waals surface area contributed by atoms with Crippen LogP contribution in [0.5, 0.6) is 0 Å². The number of nitrogens with one attached hydrogen (secondary N) is 1. The van der Waals surface area contributed by atoms with E-state index in [-0.39, 0.29) is 12.1 Å². The zero-order valence-electron chi connectivity index (χ0n) is 12.6. The van der Waals surface area contributed by atoms with Gasteiger partial charge in [-0.2, -0.15) is 0 Å². The van der Waals surface area contributed by atoms with Crippen LogP contribution in [0, 0.1) is 0 Å². The van der Waals surface area contributed by atoms with E-state index in [0.717, 1.165) is 43.1 Å². The molecular weight excluding hydrogens is 278 g/mol. The van der Waals surface area contributed by atoms with Crippen molar-refractivity contribution >= 4 is 11.7 Å². The minimum atomic E-state index is -0.0622. The Hall–Kier alpha value is -2.37. The SMILES string of the molecule is C[C@@H]1Cc2ccccc2N1C(=O)NCc1nnc2n1CCC2. The third-order valence-corrected chi connectivity index (χ3v) is 4.51. The second-order valence-corrected chi connectivity index (χ2v) is 6.00. The monoisotopic (exact) mass is 297 g/mol. The molecule has 0 saturated heterocycles. The van der Waals surface area contributed by atoms with Gasteiger partial charge in [-0.05, 0) is 31.4 Å². The van der Waals surface area contributed by atoms with E-state index in [9.17, 15) is 4.79 Å². The van der Waals surface area contributed by atoms with E-state index in [4.69, 9.17) is 0 Å². The average molecular weight is 297 g/mol. The van der Waals surface area contributed by atoms with Crippen molar-refractivity contribution in [1.29, 1.82) is 0 Å². The van der Waals surface area contributed by atoms with Gasteiger partial charge in [0.25, 0.3) is 0 Å². The maximum atomic E-state index is 12.6. The smallest absolute Gasteiger partial charge is 0.322 e. The first-order valence-electron chi connectivity index (χ1n) is 7.80. The van der Waals surface area contributed by atoms with Crippen LogP contribution in [0.4, 0.5) is 10.5 Å². The van der Waals surface area contributed by atoms with Gasteiger partial charge in [-0.3, -0.25) is 4.90 Å². The van der Waals surface area contributed by atoms with Crippen molar-refractivity contribution in [3.63, 3.8) is 0 Å². The zero-order chi connectivity index (χ0) is 15.1. The van der Waals surface area contributed by atoms with Gasteiger partial charge in [0.05, 0.1) is 6.54 Å². The van der Waals surface area contributed by atoms with E-state index in [1.54, 1.807) is 0 Å². The highest BCUT2D eigenvalue weighted by Crippen LogP contribution is 2.31. The Kier molecular flexibility index (Phi) is 3.10. The predicted octanol–water partition coefficient (Wildman–Crippen LogP) is 1.89. The third-order valence-electron chi connectivity index (χ3n) is 4.51. The molecule has 1 N–H and O–H groups in total. The van der Waals surface area contributed by atoms with Gasteiger partial charge in [-0.1, -0.05) is 18.2 Å². The number of aryl methyl sites for hydroxylation is 1. The Morgan fingerprint density at radius 3 is 3.14 bits per heavy atom. The number of urea groups is 1. The predicted molar refractivity (Wildman–Crippen MR) is 82.7 cm³/mol. The number of amides is 2. The van der Waals surface area contributed by atoms with Crippen molar-refractivity contribution in [2.24, 2.45) is 0 Å². The summed E-state index contributed by atoms with van der Waals surface area (Å²) in [7, 11) is 0. The van der Waals surface area contributed by atoms with Gasteiger partial charge in [0.1, 0.15) is 5.82 Å². The van der Waals surface area contributed by atoms with Crippen molar-refractivity contribution in [3.8, 4) is 0 Å². The molecule has 2 aromatic rings. The zero-order valence-corrected chi connectivity index (χ0v) is 12.6. The van der Waals surface area contributed by atoms with Gasteiger partial charge in [0.15, 0.2) is 5.82 Å². The second kappa shape index (κ2) is 5.12. The fraction of sp³-hybridized carbons (Fsp3) is 0.438. The molecule has 22 heavy (non-hydrogen) atoms. The number of nitrogens with zero attached hydrogens (tertiary/aromatic N) is 4. The van der Waals surface area contributed by atoms with E-state index in [1.807, 2.05) is 23.1 Å².